The standard InChI is InChI=1S/C14H21NOS/c1-2-16-14-8-4-3-6-12(14)10-15-11-13-7-5-9-17-13/h3-4,6,8,13,15H,2,5,7,9-11H2,1H3. The summed E-state index contributed by atoms with van der Waals surface area (Å²) in [5, 5.41) is 4.36. The summed E-state index contributed by atoms with van der Waals surface area (Å²) < 4.78 is 5.61. The molecule has 1 aliphatic rings. The highest BCUT2D eigenvalue weighted by molar-refractivity contribution is 8.00. The fraction of sp³-hybridized carbons (Fsp3) is 0.571. The largest absolute Gasteiger partial charge is 0.494 e. The molecule has 0 saturated carbocycles. The maximum Gasteiger partial charge on any atom is 0.123 e. The van der Waals surface area contributed by atoms with Crippen LogP contribution in [0.15, 0.2) is 24.3 Å². The van der Waals surface area contributed by atoms with Gasteiger partial charge in [-0.15, -0.1) is 0 Å². The van der Waals surface area contributed by atoms with Crippen LogP contribution < -0.4 is 10.1 Å². The molecule has 1 fully saturated rings. The van der Waals surface area contributed by atoms with Gasteiger partial charge in [-0.05, 0) is 31.6 Å². The lowest BCUT2D eigenvalue weighted by Crippen LogP contribution is -2.22. The molecule has 1 unspecified atom stereocenters. The van der Waals surface area contributed by atoms with Crippen molar-refractivity contribution in [1.82, 2.24) is 5.32 Å². The van der Waals surface area contributed by atoms with Crippen molar-refractivity contribution in [3.63, 3.8) is 0 Å². The predicted octanol–water partition coefficient (Wildman–Crippen LogP) is 3.07. The van der Waals surface area contributed by atoms with Crippen molar-refractivity contribution in [2.75, 3.05) is 18.9 Å². The minimum Gasteiger partial charge on any atom is -0.494 e. The van der Waals surface area contributed by atoms with Crippen LogP contribution in [0.1, 0.15) is 25.3 Å². The Kier molecular flexibility index (Phi) is 5.20. The van der Waals surface area contributed by atoms with Gasteiger partial charge in [-0.25, -0.2) is 0 Å². The molecule has 0 bridgehead atoms. The zero-order valence-electron chi connectivity index (χ0n) is 10.4. The second-order valence-corrected chi connectivity index (χ2v) is 5.71. The van der Waals surface area contributed by atoms with Crippen molar-refractivity contribution >= 4 is 11.8 Å². The summed E-state index contributed by atoms with van der Waals surface area (Å²) in [5.74, 6) is 2.35. The van der Waals surface area contributed by atoms with Crippen LogP contribution in [0.3, 0.4) is 0 Å². The van der Waals surface area contributed by atoms with E-state index >= 15 is 0 Å². The number of thioether (sulfide) groups is 1. The summed E-state index contributed by atoms with van der Waals surface area (Å²) >= 11 is 2.10. The van der Waals surface area contributed by atoms with Gasteiger partial charge in [-0.3, -0.25) is 0 Å². The molecule has 17 heavy (non-hydrogen) atoms. The Morgan fingerprint density at radius 2 is 2.29 bits per heavy atom. The molecule has 2 nitrogen and oxygen atoms in total. The first kappa shape index (κ1) is 12.8. The fourth-order valence-electron chi connectivity index (χ4n) is 2.12. The van der Waals surface area contributed by atoms with Gasteiger partial charge in [-0.1, -0.05) is 18.2 Å². The molecule has 94 valence electrons. The van der Waals surface area contributed by atoms with E-state index in [1.165, 1.54) is 24.2 Å². The molecule has 0 spiro atoms. The average molecular weight is 251 g/mol. The molecular formula is C14H21NOS. The van der Waals surface area contributed by atoms with Gasteiger partial charge in [0.2, 0.25) is 0 Å². The van der Waals surface area contributed by atoms with Crippen LogP contribution in [0.25, 0.3) is 0 Å². The molecule has 1 atom stereocenters. The fourth-order valence-corrected chi connectivity index (χ4v) is 3.36. The van der Waals surface area contributed by atoms with Crippen molar-refractivity contribution in [2.45, 2.75) is 31.6 Å². The summed E-state index contributed by atoms with van der Waals surface area (Å²) in [6.45, 7) is 4.78. The first-order valence-electron chi connectivity index (χ1n) is 6.43. The van der Waals surface area contributed by atoms with E-state index < -0.39 is 0 Å². The molecule has 2 rings (SSSR count). The molecule has 0 radical (unpaired) electrons. The van der Waals surface area contributed by atoms with Gasteiger partial charge in [0.15, 0.2) is 0 Å². The molecule has 0 aromatic heterocycles. The van der Waals surface area contributed by atoms with Crippen molar-refractivity contribution in [1.29, 1.82) is 0 Å². The van der Waals surface area contributed by atoms with E-state index in [1.54, 1.807) is 0 Å². The number of hydrogen-bond donors (Lipinski definition) is 1. The molecular weight excluding hydrogens is 230 g/mol. The Hall–Kier alpha value is -0.670. The molecule has 1 aromatic rings. The topological polar surface area (TPSA) is 21.3 Å². The maximum absolute atomic E-state index is 5.61. The van der Waals surface area contributed by atoms with E-state index in [2.05, 4.69) is 29.2 Å². The zero-order chi connectivity index (χ0) is 11.9. The van der Waals surface area contributed by atoms with Crippen LogP contribution in [0, 0.1) is 0 Å². The highest BCUT2D eigenvalue weighted by Crippen LogP contribution is 2.25. The van der Waals surface area contributed by atoms with E-state index in [0.29, 0.717) is 0 Å². The molecule has 0 amide bonds. The third-order valence-electron chi connectivity index (χ3n) is 2.98. The van der Waals surface area contributed by atoms with Crippen LogP contribution in [0.4, 0.5) is 0 Å². The molecule has 1 aromatic carbocycles. The third kappa shape index (κ3) is 3.93. The third-order valence-corrected chi connectivity index (χ3v) is 4.38. The smallest absolute Gasteiger partial charge is 0.123 e. The molecule has 3 heteroatoms. The van der Waals surface area contributed by atoms with Crippen LogP contribution in [0.5, 0.6) is 5.75 Å². The summed E-state index contributed by atoms with van der Waals surface area (Å²) in [5.41, 5.74) is 1.26. The minimum atomic E-state index is 0.732. The lowest BCUT2D eigenvalue weighted by atomic mass is 10.2. The monoisotopic (exact) mass is 251 g/mol. The highest BCUT2D eigenvalue weighted by Gasteiger charge is 2.14. The van der Waals surface area contributed by atoms with E-state index in [1.807, 2.05) is 19.1 Å². The first-order chi connectivity index (χ1) is 8.40. The van der Waals surface area contributed by atoms with Crippen LogP contribution in [-0.2, 0) is 6.54 Å². The highest BCUT2D eigenvalue weighted by atomic mass is 32.2. The number of para-hydroxylation sites is 1. The van der Waals surface area contributed by atoms with Crippen molar-refractivity contribution < 1.29 is 4.74 Å². The van der Waals surface area contributed by atoms with Gasteiger partial charge in [0, 0.05) is 23.9 Å². The Bertz CT molecular complexity index is 337. The van der Waals surface area contributed by atoms with E-state index in [-0.39, 0.29) is 0 Å². The quantitative estimate of drug-likeness (QED) is 0.839. The van der Waals surface area contributed by atoms with Gasteiger partial charge in [0.05, 0.1) is 6.61 Å². The zero-order valence-corrected chi connectivity index (χ0v) is 11.3. The second kappa shape index (κ2) is 6.92. The minimum absolute atomic E-state index is 0.732. The van der Waals surface area contributed by atoms with Crippen molar-refractivity contribution in [3.8, 4) is 5.75 Å². The summed E-state index contributed by atoms with van der Waals surface area (Å²) in [6, 6.07) is 8.29. The van der Waals surface area contributed by atoms with E-state index in [9.17, 15) is 0 Å². The van der Waals surface area contributed by atoms with Crippen LogP contribution in [-0.4, -0.2) is 24.2 Å². The molecule has 1 heterocycles. The van der Waals surface area contributed by atoms with Crippen molar-refractivity contribution in [3.05, 3.63) is 29.8 Å². The molecule has 1 N–H and O–H groups in total. The van der Waals surface area contributed by atoms with Gasteiger partial charge in [-0.2, -0.15) is 11.8 Å². The van der Waals surface area contributed by atoms with E-state index in [4.69, 9.17) is 4.74 Å². The second-order valence-electron chi connectivity index (χ2n) is 4.31. The number of benzene rings is 1. The maximum atomic E-state index is 5.61. The van der Waals surface area contributed by atoms with Crippen LogP contribution in [0.2, 0.25) is 0 Å². The van der Waals surface area contributed by atoms with Crippen LogP contribution >= 0.6 is 11.8 Å². The van der Waals surface area contributed by atoms with Crippen molar-refractivity contribution in [2.24, 2.45) is 0 Å². The number of nitrogens with one attached hydrogen (secondary N) is 1. The van der Waals surface area contributed by atoms with Gasteiger partial charge < -0.3 is 10.1 Å². The Balaban J connectivity index is 1.80. The molecule has 1 aliphatic heterocycles. The molecule has 1 saturated heterocycles. The first-order valence-corrected chi connectivity index (χ1v) is 7.48. The molecule has 0 aliphatic carbocycles. The number of rotatable bonds is 6. The predicted molar refractivity (Wildman–Crippen MR) is 74.8 cm³/mol. The Labute approximate surface area is 108 Å². The Morgan fingerprint density at radius 3 is 3.06 bits per heavy atom. The van der Waals surface area contributed by atoms with Gasteiger partial charge >= 0.3 is 0 Å². The Morgan fingerprint density at radius 1 is 1.41 bits per heavy atom. The normalized spacial score (nSPS) is 19.5. The SMILES string of the molecule is CCOc1ccccc1CNCC1CCCS1. The lowest BCUT2D eigenvalue weighted by Gasteiger charge is -2.13. The summed E-state index contributed by atoms with van der Waals surface area (Å²) in [7, 11) is 0. The number of hydrogen-bond acceptors (Lipinski definition) is 3. The van der Waals surface area contributed by atoms with Gasteiger partial charge in [0.1, 0.15) is 5.75 Å². The number of ether oxygens (including phenoxy) is 1. The lowest BCUT2D eigenvalue weighted by molar-refractivity contribution is 0.335. The summed E-state index contributed by atoms with van der Waals surface area (Å²) in [6.07, 6.45) is 2.75. The van der Waals surface area contributed by atoms with E-state index in [0.717, 1.165) is 30.7 Å². The average Bonchev–Trinajstić information content (AvgIpc) is 2.85. The van der Waals surface area contributed by atoms with Gasteiger partial charge in [0.25, 0.3) is 0 Å². The summed E-state index contributed by atoms with van der Waals surface area (Å²) in [4.78, 5) is 0.